The minimum atomic E-state index is -0.231. The van der Waals surface area contributed by atoms with Gasteiger partial charge in [-0.15, -0.1) is 0 Å². The summed E-state index contributed by atoms with van der Waals surface area (Å²) in [5.74, 6) is 0.980. The predicted octanol–water partition coefficient (Wildman–Crippen LogP) is 4.63. The zero-order valence-corrected chi connectivity index (χ0v) is 18.3. The van der Waals surface area contributed by atoms with Gasteiger partial charge in [-0.3, -0.25) is 0 Å². The first-order valence-electron chi connectivity index (χ1n) is 10.3. The van der Waals surface area contributed by atoms with E-state index in [-0.39, 0.29) is 17.1 Å². The Morgan fingerprint density at radius 3 is 2.47 bits per heavy atom. The van der Waals surface area contributed by atoms with Crippen LogP contribution in [0.4, 0.5) is 0 Å². The van der Waals surface area contributed by atoms with E-state index >= 15 is 0 Å². The molecule has 3 aromatic rings. The molecule has 2 aromatic heterocycles. The van der Waals surface area contributed by atoms with Crippen molar-refractivity contribution in [3.8, 4) is 22.7 Å². The van der Waals surface area contributed by atoms with Gasteiger partial charge in [-0.05, 0) is 64.8 Å². The molecule has 0 N–H and O–H groups in total. The van der Waals surface area contributed by atoms with Crippen molar-refractivity contribution in [3.63, 3.8) is 0 Å². The molecule has 0 aliphatic carbocycles. The number of aromatic nitrogens is 3. The van der Waals surface area contributed by atoms with Crippen molar-refractivity contribution < 1.29 is 14.2 Å². The van der Waals surface area contributed by atoms with Gasteiger partial charge in [-0.1, -0.05) is 12.1 Å². The number of hydrogen-bond acceptors (Lipinski definition) is 4. The van der Waals surface area contributed by atoms with Crippen LogP contribution in [-0.4, -0.2) is 28.1 Å². The SMILES string of the molecule is COc1ccccc1-n1nc(C2CC(C)(C)OC(C)(C)C2)cc1-c1ccc[n+]([O-])c1. The lowest BCUT2D eigenvalue weighted by Gasteiger charge is -2.45. The minimum Gasteiger partial charge on any atom is -0.619 e. The van der Waals surface area contributed by atoms with Crippen molar-refractivity contribution in [2.75, 3.05) is 7.11 Å². The summed E-state index contributed by atoms with van der Waals surface area (Å²) in [5.41, 5.74) is 3.05. The summed E-state index contributed by atoms with van der Waals surface area (Å²) in [6.45, 7) is 8.54. The first kappa shape index (κ1) is 20.4. The molecule has 0 saturated carbocycles. The average molecular weight is 408 g/mol. The van der Waals surface area contributed by atoms with Gasteiger partial charge in [-0.25, -0.2) is 4.68 Å². The molecular weight excluding hydrogens is 378 g/mol. The Hall–Kier alpha value is -2.86. The summed E-state index contributed by atoms with van der Waals surface area (Å²) >= 11 is 0. The molecule has 0 atom stereocenters. The summed E-state index contributed by atoms with van der Waals surface area (Å²) in [5, 5.41) is 17.0. The second kappa shape index (κ2) is 7.43. The molecule has 0 amide bonds. The first-order chi connectivity index (χ1) is 14.2. The van der Waals surface area contributed by atoms with E-state index in [0.29, 0.717) is 0 Å². The van der Waals surface area contributed by atoms with Crippen molar-refractivity contribution in [1.82, 2.24) is 9.78 Å². The minimum absolute atomic E-state index is 0.231. The van der Waals surface area contributed by atoms with Gasteiger partial charge in [0.05, 0.1) is 35.3 Å². The fourth-order valence-electron chi connectivity index (χ4n) is 4.70. The van der Waals surface area contributed by atoms with Gasteiger partial charge in [0, 0.05) is 12.0 Å². The highest BCUT2D eigenvalue weighted by molar-refractivity contribution is 5.63. The van der Waals surface area contributed by atoms with E-state index in [0.717, 1.165) is 46.0 Å². The number of nitrogens with zero attached hydrogens (tertiary/aromatic N) is 3. The second-order valence-electron chi connectivity index (χ2n) is 9.22. The fraction of sp³-hybridized carbons (Fsp3) is 0.417. The fourth-order valence-corrected chi connectivity index (χ4v) is 4.70. The van der Waals surface area contributed by atoms with Crippen molar-refractivity contribution in [1.29, 1.82) is 0 Å². The van der Waals surface area contributed by atoms with E-state index in [4.69, 9.17) is 14.6 Å². The lowest BCUT2D eigenvalue weighted by molar-refractivity contribution is -0.604. The summed E-state index contributed by atoms with van der Waals surface area (Å²) in [4.78, 5) is 0. The Morgan fingerprint density at radius 2 is 1.80 bits per heavy atom. The maximum atomic E-state index is 12.0. The van der Waals surface area contributed by atoms with Crippen molar-refractivity contribution in [3.05, 3.63) is 65.8 Å². The highest BCUT2D eigenvalue weighted by Crippen LogP contribution is 2.44. The third kappa shape index (κ3) is 4.05. The maximum Gasteiger partial charge on any atom is 0.189 e. The van der Waals surface area contributed by atoms with Crippen molar-refractivity contribution in [2.24, 2.45) is 0 Å². The Morgan fingerprint density at radius 1 is 1.10 bits per heavy atom. The Bertz CT molecular complexity index is 1040. The molecule has 6 heteroatoms. The monoisotopic (exact) mass is 407 g/mol. The van der Waals surface area contributed by atoms with Gasteiger partial charge < -0.3 is 14.7 Å². The summed E-state index contributed by atoms with van der Waals surface area (Å²) in [6.07, 6.45) is 4.83. The van der Waals surface area contributed by atoms with Gasteiger partial charge in [-0.2, -0.15) is 9.83 Å². The van der Waals surface area contributed by atoms with Crippen LogP contribution in [0.5, 0.6) is 5.75 Å². The molecule has 0 radical (unpaired) electrons. The number of benzene rings is 1. The molecular formula is C24H29N3O3. The zero-order valence-electron chi connectivity index (χ0n) is 18.3. The normalized spacial score (nSPS) is 18.3. The lowest BCUT2D eigenvalue weighted by atomic mass is 9.79. The van der Waals surface area contributed by atoms with Crippen LogP contribution in [0.25, 0.3) is 16.9 Å². The highest BCUT2D eigenvalue weighted by Gasteiger charge is 2.41. The van der Waals surface area contributed by atoms with Crippen LogP contribution >= 0.6 is 0 Å². The van der Waals surface area contributed by atoms with Crippen LogP contribution in [0.15, 0.2) is 54.9 Å². The van der Waals surface area contributed by atoms with Gasteiger partial charge in [0.1, 0.15) is 11.4 Å². The van der Waals surface area contributed by atoms with Gasteiger partial charge in [0.15, 0.2) is 12.4 Å². The number of ether oxygens (including phenoxy) is 2. The van der Waals surface area contributed by atoms with Gasteiger partial charge in [0.25, 0.3) is 0 Å². The van der Waals surface area contributed by atoms with Crippen LogP contribution in [-0.2, 0) is 4.74 Å². The standard InChI is InChI=1S/C24H29N3O3/c1-23(2)14-18(15-24(3,4)30-23)19-13-21(17-9-8-12-26(28)16-17)27(25-19)20-10-6-7-11-22(20)29-5/h6-13,16,18H,14-15H2,1-5H3. The molecule has 0 spiro atoms. The zero-order chi connectivity index (χ0) is 21.5. The quantitative estimate of drug-likeness (QED) is 0.467. The predicted molar refractivity (Wildman–Crippen MR) is 116 cm³/mol. The number of hydrogen-bond donors (Lipinski definition) is 0. The van der Waals surface area contributed by atoms with E-state index in [9.17, 15) is 5.21 Å². The molecule has 158 valence electrons. The van der Waals surface area contributed by atoms with Crippen LogP contribution in [0.2, 0.25) is 0 Å². The number of rotatable bonds is 4. The molecule has 3 heterocycles. The third-order valence-corrected chi connectivity index (χ3v) is 5.56. The Labute approximate surface area is 177 Å². The molecule has 4 rings (SSSR count). The van der Waals surface area contributed by atoms with Crippen LogP contribution in [0.1, 0.15) is 52.1 Å². The molecule has 0 bridgehead atoms. The van der Waals surface area contributed by atoms with E-state index in [2.05, 4.69) is 33.8 Å². The molecule has 1 saturated heterocycles. The molecule has 30 heavy (non-hydrogen) atoms. The van der Waals surface area contributed by atoms with Crippen LogP contribution in [0, 0.1) is 5.21 Å². The topological polar surface area (TPSA) is 63.2 Å². The van der Waals surface area contributed by atoms with E-state index < -0.39 is 0 Å². The van der Waals surface area contributed by atoms with Crippen LogP contribution < -0.4 is 9.47 Å². The molecule has 1 aliphatic heterocycles. The van der Waals surface area contributed by atoms with E-state index in [1.807, 2.05) is 35.0 Å². The van der Waals surface area contributed by atoms with E-state index in [1.54, 1.807) is 19.4 Å². The molecule has 1 fully saturated rings. The largest absolute Gasteiger partial charge is 0.619 e. The maximum absolute atomic E-state index is 12.0. The van der Waals surface area contributed by atoms with Crippen LogP contribution in [0.3, 0.4) is 0 Å². The third-order valence-electron chi connectivity index (χ3n) is 5.56. The summed E-state index contributed by atoms with van der Waals surface area (Å²) in [6, 6.07) is 13.6. The molecule has 1 aliphatic rings. The van der Waals surface area contributed by atoms with Crippen molar-refractivity contribution >= 4 is 0 Å². The van der Waals surface area contributed by atoms with E-state index in [1.165, 1.54) is 6.20 Å². The first-order valence-corrected chi connectivity index (χ1v) is 10.3. The summed E-state index contributed by atoms with van der Waals surface area (Å²) in [7, 11) is 1.65. The lowest BCUT2D eigenvalue weighted by Crippen LogP contribution is -2.44. The number of para-hydroxylation sites is 2. The molecule has 0 unspecified atom stereocenters. The second-order valence-corrected chi connectivity index (χ2v) is 9.22. The Kier molecular flexibility index (Phi) is 5.06. The highest BCUT2D eigenvalue weighted by atomic mass is 16.5. The number of methoxy groups -OCH3 is 1. The summed E-state index contributed by atoms with van der Waals surface area (Å²) < 4.78 is 14.6. The smallest absolute Gasteiger partial charge is 0.189 e. The molecule has 6 nitrogen and oxygen atoms in total. The van der Waals surface area contributed by atoms with Gasteiger partial charge >= 0.3 is 0 Å². The van der Waals surface area contributed by atoms with Gasteiger partial charge in [0.2, 0.25) is 0 Å². The average Bonchev–Trinajstić information content (AvgIpc) is 3.11. The number of pyridine rings is 1. The van der Waals surface area contributed by atoms with Crippen molar-refractivity contribution in [2.45, 2.75) is 57.7 Å². The molecule has 1 aromatic carbocycles. The Balaban J connectivity index is 1.86.